The monoisotopic (exact) mass is 313 g/mol. The summed E-state index contributed by atoms with van der Waals surface area (Å²) in [5, 5.41) is 11.2. The highest BCUT2D eigenvalue weighted by atomic mass is 32.2. The lowest BCUT2D eigenvalue weighted by atomic mass is 10.1. The van der Waals surface area contributed by atoms with Gasteiger partial charge in [0.15, 0.2) is 9.84 Å². The fraction of sp³-hybridized carbons (Fsp3) is 0.429. The van der Waals surface area contributed by atoms with Crippen molar-refractivity contribution in [3.8, 4) is 0 Å². The molecular weight excluding hydrogens is 294 g/mol. The molecule has 0 atom stereocenters. The fourth-order valence-corrected chi connectivity index (χ4v) is 3.50. The summed E-state index contributed by atoms with van der Waals surface area (Å²) >= 11 is 0. The number of sulfone groups is 1. The summed E-state index contributed by atoms with van der Waals surface area (Å²) in [5.74, 6) is -2.25. The Morgan fingerprint density at radius 1 is 1.29 bits per heavy atom. The third-order valence-corrected chi connectivity index (χ3v) is 4.38. The molecule has 0 heterocycles. The third-order valence-electron chi connectivity index (χ3n) is 2.50. The van der Waals surface area contributed by atoms with Gasteiger partial charge in [0, 0.05) is 5.69 Å². The van der Waals surface area contributed by atoms with E-state index in [2.05, 4.69) is 5.32 Å². The number of aliphatic carboxylic acids is 1. The van der Waals surface area contributed by atoms with Crippen LogP contribution < -0.4 is 5.32 Å². The van der Waals surface area contributed by atoms with Gasteiger partial charge in [0.05, 0.1) is 12.2 Å². The summed E-state index contributed by atoms with van der Waals surface area (Å²) in [4.78, 5) is 22.4. The molecule has 0 aliphatic rings. The normalized spacial score (nSPS) is 11.4. The highest BCUT2D eigenvalue weighted by Crippen LogP contribution is 2.12. The number of amides is 1. The molecule has 116 valence electrons. The van der Waals surface area contributed by atoms with Crippen LogP contribution in [0.1, 0.15) is 19.4 Å². The molecule has 7 heteroatoms. The van der Waals surface area contributed by atoms with Crippen molar-refractivity contribution in [3.63, 3.8) is 0 Å². The van der Waals surface area contributed by atoms with E-state index in [1.165, 1.54) is 6.07 Å². The van der Waals surface area contributed by atoms with E-state index < -0.39 is 27.5 Å². The second-order valence-corrected chi connectivity index (χ2v) is 7.38. The van der Waals surface area contributed by atoms with Crippen molar-refractivity contribution < 1.29 is 23.1 Å². The van der Waals surface area contributed by atoms with Crippen LogP contribution in [0.5, 0.6) is 0 Å². The number of rotatable bonds is 7. The van der Waals surface area contributed by atoms with Gasteiger partial charge in [0.2, 0.25) is 5.91 Å². The van der Waals surface area contributed by atoms with Gasteiger partial charge in [0.1, 0.15) is 5.75 Å². The van der Waals surface area contributed by atoms with E-state index in [1.54, 1.807) is 32.0 Å². The summed E-state index contributed by atoms with van der Waals surface area (Å²) < 4.78 is 23.4. The first-order valence-electron chi connectivity index (χ1n) is 6.49. The number of anilines is 1. The number of nitrogens with one attached hydrogen (secondary N) is 1. The summed E-state index contributed by atoms with van der Waals surface area (Å²) in [7, 11) is -3.44. The number of carboxylic acid groups (broad SMARTS) is 1. The zero-order valence-electron chi connectivity index (χ0n) is 12.0. The van der Waals surface area contributed by atoms with Gasteiger partial charge >= 0.3 is 5.97 Å². The molecule has 2 N–H and O–H groups in total. The Morgan fingerprint density at radius 3 is 2.52 bits per heavy atom. The molecule has 1 aromatic rings. The third kappa shape index (κ3) is 6.89. The van der Waals surface area contributed by atoms with E-state index in [4.69, 9.17) is 5.11 Å². The van der Waals surface area contributed by atoms with Crippen LogP contribution in [0.2, 0.25) is 0 Å². The van der Waals surface area contributed by atoms with Crippen LogP contribution in [0.4, 0.5) is 5.69 Å². The van der Waals surface area contributed by atoms with E-state index in [0.717, 1.165) is 0 Å². The summed E-state index contributed by atoms with van der Waals surface area (Å²) in [6, 6.07) is 6.33. The molecule has 1 rings (SSSR count). The second kappa shape index (κ2) is 7.21. The molecule has 0 saturated carbocycles. The maximum atomic E-state index is 11.7. The van der Waals surface area contributed by atoms with Crippen molar-refractivity contribution in [2.75, 3.05) is 16.8 Å². The molecule has 1 aromatic carbocycles. The zero-order chi connectivity index (χ0) is 16.0. The minimum absolute atomic E-state index is 0.0401. The first-order chi connectivity index (χ1) is 9.68. The Labute approximate surface area is 124 Å². The van der Waals surface area contributed by atoms with Gasteiger partial charge in [-0.15, -0.1) is 0 Å². The quantitative estimate of drug-likeness (QED) is 0.790. The van der Waals surface area contributed by atoms with Gasteiger partial charge in [-0.2, -0.15) is 0 Å². The predicted molar refractivity (Wildman–Crippen MR) is 79.9 cm³/mol. The fourth-order valence-electron chi connectivity index (χ4n) is 1.90. The van der Waals surface area contributed by atoms with Gasteiger partial charge in [-0.25, -0.2) is 8.42 Å². The van der Waals surface area contributed by atoms with Crippen molar-refractivity contribution in [1.82, 2.24) is 0 Å². The van der Waals surface area contributed by atoms with E-state index in [-0.39, 0.29) is 18.1 Å². The van der Waals surface area contributed by atoms with Gasteiger partial charge in [-0.1, -0.05) is 26.0 Å². The Kier molecular flexibility index (Phi) is 5.90. The number of hydrogen-bond donors (Lipinski definition) is 2. The first kappa shape index (κ1) is 17.2. The smallest absolute Gasteiger partial charge is 0.307 e. The average molecular weight is 313 g/mol. The zero-order valence-corrected chi connectivity index (χ0v) is 12.8. The van der Waals surface area contributed by atoms with Crippen LogP contribution in [-0.4, -0.2) is 36.9 Å². The summed E-state index contributed by atoms with van der Waals surface area (Å²) in [6.07, 6.45) is -0.157. The van der Waals surface area contributed by atoms with Crippen molar-refractivity contribution in [2.45, 2.75) is 20.3 Å². The molecule has 1 amide bonds. The highest BCUT2D eigenvalue weighted by molar-refractivity contribution is 7.92. The van der Waals surface area contributed by atoms with Crippen LogP contribution in [0.15, 0.2) is 24.3 Å². The van der Waals surface area contributed by atoms with E-state index >= 15 is 0 Å². The Morgan fingerprint density at radius 2 is 1.95 bits per heavy atom. The van der Waals surface area contributed by atoms with Crippen molar-refractivity contribution in [1.29, 1.82) is 0 Å². The molecule has 0 aliphatic heterocycles. The maximum Gasteiger partial charge on any atom is 0.307 e. The van der Waals surface area contributed by atoms with Crippen LogP contribution in [0, 0.1) is 5.92 Å². The number of carboxylic acids is 1. The topological polar surface area (TPSA) is 101 Å². The lowest BCUT2D eigenvalue weighted by molar-refractivity contribution is -0.136. The molecule has 21 heavy (non-hydrogen) atoms. The molecule has 0 aliphatic carbocycles. The Hall–Kier alpha value is -1.89. The molecule has 0 unspecified atom stereocenters. The summed E-state index contributed by atoms with van der Waals surface area (Å²) in [6.45, 7) is 3.54. The highest BCUT2D eigenvalue weighted by Gasteiger charge is 2.18. The van der Waals surface area contributed by atoms with Crippen molar-refractivity contribution >= 4 is 27.4 Å². The molecule has 6 nitrogen and oxygen atoms in total. The molecule has 0 saturated heterocycles. The minimum atomic E-state index is -3.44. The van der Waals surface area contributed by atoms with E-state index in [0.29, 0.717) is 11.3 Å². The van der Waals surface area contributed by atoms with Gasteiger partial charge in [0.25, 0.3) is 0 Å². The molecule has 0 fully saturated rings. The standard InChI is InChI=1S/C14H19NO5S/c1-10(2)8-21(19,20)9-13(16)15-12-5-3-4-11(6-12)7-14(17)18/h3-6,10H,7-9H2,1-2H3,(H,15,16)(H,17,18). The Bertz CT molecular complexity index is 622. The van der Waals surface area contributed by atoms with Gasteiger partial charge in [-0.3, -0.25) is 9.59 Å². The molecule has 0 bridgehead atoms. The lowest BCUT2D eigenvalue weighted by Gasteiger charge is -2.09. The Balaban J connectivity index is 2.69. The molecular formula is C14H19NO5S. The van der Waals surface area contributed by atoms with Crippen LogP contribution in [-0.2, 0) is 25.8 Å². The molecule has 0 spiro atoms. The number of benzene rings is 1. The van der Waals surface area contributed by atoms with Crippen molar-refractivity contribution in [2.24, 2.45) is 5.92 Å². The predicted octanol–water partition coefficient (Wildman–Crippen LogP) is 1.32. The second-order valence-electron chi connectivity index (χ2n) is 5.27. The number of carbonyl (C=O) groups excluding carboxylic acids is 1. The molecule has 0 radical (unpaired) electrons. The van der Waals surface area contributed by atoms with Crippen LogP contribution >= 0.6 is 0 Å². The molecule has 0 aromatic heterocycles. The SMILES string of the molecule is CC(C)CS(=O)(=O)CC(=O)Nc1cccc(CC(=O)O)c1. The van der Waals surface area contributed by atoms with E-state index in [9.17, 15) is 18.0 Å². The largest absolute Gasteiger partial charge is 0.481 e. The van der Waals surface area contributed by atoms with E-state index in [1.807, 2.05) is 0 Å². The average Bonchev–Trinajstić information content (AvgIpc) is 2.24. The lowest BCUT2D eigenvalue weighted by Crippen LogP contribution is -2.26. The van der Waals surface area contributed by atoms with Crippen molar-refractivity contribution in [3.05, 3.63) is 29.8 Å². The van der Waals surface area contributed by atoms with Gasteiger partial charge < -0.3 is 10.4 Å². The van der Waals surface area contributed by atoms with Crippen LogP contribution in [0.25, 0.3) is 0 Å². The maximum absolute atomic E-state index is 11.7. The van der Waals surface area contributed by atoms with Crippen LogP contribution in [0.3, 0.4) is 0 Å². The van der Waals surface area contributed by atoms with Gasteiger partial charge in [-0.05, 0) is 23.6 Å². The number of carbonyl (C=O) groups is 2. The summed E-state index contributed by atoms with van der Waals surface area (Å²) in [5.41, 5.74) is 0.920. The number of hydrogen-bond acceptors (Lipinski definition) is 4. The first-order valence-corrected chi connectivity index (χ1v) is 8.31. The minimum Gasteiger partial charge on any atom is -0.481 e.